The maximum Gasteiger partial charge on any atom is 0.315 e. The van der Waals surface area contributed by atoms with Gasteiger partial charge in [-0.25, -0.2) is 4.79 Å². The first kappa shape index (κ1) is 16.3. The maximum atomic E-state index is 12.2. The van der Waals surface area contributed by atoms with Crippen molar-refractivity contribution in [3.8, 4) is 0 Å². The van der Waals surface area contributed by atoms with E-state index in [4.69, 9.17) is 4.74 Å². The highest BCUT2D eigenvalue weighted by atomic mass is 16.5. The highest BCUT2D eigenvalue weighted by Gasteiger charge is 2.25. The predicted octanol–water partition coefficient (Wildman–Crippen LogP) is 1.56. The second-order valence-electron chi connectivity index (χ2n) is 6.74. The lowest BCUT2D eigenvalue weighted by Crippen LogP contribution is -2.53. The fraction of sp³-hybridized carbons (Fsp3) is 0.611. The van der Waals surface area contributed by atoms with Gasteiger partial charge in [0.25, 0.3) is 0 Å². The van der Waals surface area contributed by atoms with E-state index in [0.29, 0.717) is 18.6 Å². The number of amides is 2. The van der Waals surface area contributed by atoms with Gasteiger partial charge in [-0.05, 0) is 37.8 Å². The van der Waals surface area contributed by atoms with E-state index < -0.39 is 0 Å². The molecule has 2 aliphatic rings. The van der Waals surface area contributed by atoms with Crippen LogP contribution in [0.2, 0.25) is 0 Å². The Morgan fingerprint density at radius 1 is 1.35 bits per heavy atom. The smallest absolute Gasteiger partial charge is 0.315 e. The number of urea groups is 1. The first-order chi connectivity index (χ1) is 11.1. The SMILES string of the molecule is CC(CNC(=O)NC1Cc2ccccc2C1)N1CCOCC1C. The number of nitrogens with zero attached hydrogens (tertiary/aromatic N) is 1. The summed E-state index contributed by atoms with van der Waals surface area (Å²) < 4.78 is 5.47. The van der Waals surface area contributed by atoms with Gasteiger partial charge in [-0.3, -0.25) is 4.90 Å². The lowest BCUT2D eigenvalue weighted by Gasteiger charge is -2.37. The van der Waals surface area contributed by atoms with Gasteiger partial charge in [0.2, 0.25) is 0 Å². The van der Waals surface area contributed by atoms with Crippen LogP contribution >= 0.6 is 0 Å². The molecule has 1 aliphatic heterocycles. The van der Waals surface area contributed by atoms with Crippen LogP contribution in [-0.2, 0) is 17.6 Å². The number of rotatable bonds is 4. The van der Waals surface area contributed by atoms with Crippen LogP contribution in [0.3, 0.4) is 0 Å². The van der Waals surface area contributed by atoms with Crippen molar-refractivity contribution in [3.63, 3.8) is 0 Å². The third kappa shape index (κ3) is 4.03. The number of benzene rings is 1. The molecular formula is C18H27N3O2. The number of fused-ring (bicyclic) bond motifs is 1. The monoisotopic (exact) mass is 317 g/mol. The van der Waals surface area contributed by atoms with Gasteiger partial charge in [0.15, 0.2) is 0 Å². The summed E-state index contributed by atoms with van der Waals surface area (Å²) in [7, 11) is 0. The number of nitrogens with one attached hydrogen (secondary N) is 2. The standard InChI is InChI=1S/C18H27N3O2/c1-13(21-7-8-23-12-14(21)2)11-19-18(22)20-17-9-15-5-3-4-6-16(15)10-17/h3-6,13-14,17H,7-12H2,1-2H3,(H2,19,20,22). The Balaban J connectivity index is 1.42. The first-order valence-corrected chi connectivity index (χ1v) is 8.58. The van der Waals surface area contributed by atoms with Crippen molar-refractivity contribution in [2.75, 3.05) is 26.3 Å². The molecule has 1 saturated heterocycles. The summed E-state index contributed by atoms with van der Waals surface area (Å²) in [5.41, 5.74) is 2.71. The summed E-state index contributed by atoms with van der Waals surface area (Å²) in [6.45, 7) is 7.48. The Labute approximate surface area is 138 Å². The van der Waals surface area contributed by atoms with Crippen molar-refractivity contribution in [2.45, 2.75) is 44.8 Å². The highest BCUT2D eigenvalue weighted by molar-refractivity contribution is 5.74. The van der Waals surface area contributed by atoms with E-state index in [1.165, 1.54) is 11.1 Å². The Hall–Kier alpha value is -1.59. The Morgan fingerprint density at radius 3 is 2.70 bits per heavy atom. The molecular weight excluding hydrogens is 290 g/mol. The van der Waals surface area contributed by atoms with Crippen molar-refractivity contribution in [3.05, 3.63) is 35.4 Å². The van der Waals surface area contributed by atoms with Crippen molar-refractivity contribution in [2.24, 2.45) is 0 Å². The van der Waals surface area contributed by atoms with Crippen molar-refractivity contribution in [1.29, 1.82) is 0 Å². The fourth-order valence-corrected chi connectivity index (χ4v) is 3.65. The summed E-state index contributed by atoms with van der Waals surface area (Å²) in [4.78, 5) is 14.6. The Kier molecular flexibility index (Phi) is 5.18. The lowest BCUT2D eigenvalue weighted by atomic mass is 10.1. The summed E-state index contributed by atoms with van der Waals surface area (Å²) in [5, 5.41) is 6.12. The van der Waals surface area contributed by atoms with E-state index >= 15 is 0 Å². The molecule has 5 heteroatoms. The molecule has 23 heavy (non-hydrogen) atoms. The van der Waals surface area contributed by atoms with Crippen molar-refractivity contribution in [1.82, 2.24) is 15.5 Å². The number of ether oxygens (including phenoxy) is 1. The molecule has 0 bridgehead atoms. The average Bonchev–Trinajstić information content (AvgIpc) is 2.95. The van der Waals surface area contributed by atoms with Gasteiger partial charge in [-0.15, -0.1) is 0 Å². The van der Waals surface area contributed by atoms with Crippen LogP contribution in [0.5, 0.6) is 0 Å². The van der Waals surface area contributed by atoms with Crippen molar-refractivity contribution < 1.29 is 9.53 Å². The molecule has 3 rings (SSSR count). The minimum Gasteiger partial charge on any atom is -0.379 e. The van der Waals surface area contributed by atoms with E-state index in [1.54, 1.807) is 0 Å². The number of carbonyl (C=O) groups excluding carboxylic acids is 1. The average molecular weight is 317 g/mol. The number of hydrogen-bond donors (Lipinski definition) is 2. The molecule has 0 saturated carbocycles. The number of hydrogen-bond acceptors (Lipinski definition) is 3. The van der Waals surface area contributed by atoms with Crippen LogP contribution in [0.15, 0.2) is 24.3 Å². The van der Waals surface area contributed by atoms with Crippen LogP contribution in [0.4, 0.5) is 4.79 Å². The second kappa shape index (κ2) is 7.32. The molecule has 2 unspecified atom stereocenters. The molecule has 2 amide bonds. The van der Waals surface area contributed by atoms with Gasteiger partial charge >= 0.3 is 6.03 Å². The van der Waals surface area contributed by atoms with Crippen LogP contribution in [0.1, 0.15) is 25.0 Å². The predicted molar refractivity (Wildman–Crippen MR) is 90.6 cm³/mol. The minimum atomic E-state index is -0.0597. The zero-order valence-corrected chi connectivity index (χ0v) is 14.0. The highest BCUT2D eigenvalue weighted by Crippen LogP contribution is 2.21. The molecule has 2 N–H and O–H groups in total. The van der Waals surface area contributed by atoms with E-state index in [9.17, 15) is 4.79 Å². The number of carbonyl (C=O) groups is 1. The zero-order chi connectivity index (χ0) is 16.2. The molecule has 0 radical (unpaired) electrons. The van der Waals surface area contributed by atoms with Crippen LogP contribution in [0.25, 0.3) is 0 Å². The minimum absolute atomic E-state index is 0.0597. The molecule has 1 heterocycles. The zero-order valence-electron chi connectivity index (χ0n) is 14.0. The molecule has 2 atom stereocenters. The summed E-state index contributed by atoms with van der Waals surface area (Å²) in [6, 6.07) is 9.31. The second-order valence-corrected chi connectivity index (χ2v) is 6.74. The fourth-order valence-electron chi connectivity index (χ4n) is 3.65. The Bertz CT molecular complexity index is 524. The molecule has 5 nitrogen and oxygen atoms in total. The van der Waals surface area contributed by atoms with E-state index in [-0.39, 0.29) is 12.1 Å². The number of morpholine rings is 1. The maximum absolute atomic E-state index is 12.2. The molecule has 1 fully saturated rings. The van der Waals surface area contributed by atoms with Gasteiger partial charge in [-0.1, -0.05) is 24.3 Å². The molecule has 126 valence electrons. The van der Waals surface area contributed by atoms with Crippen LogP contribution < -0.4 is 10.6 Å². The van der Waals surface area contributed by atoms with Crippen LogP contribution in [-0.4, -0.2) is 55.4 Å². The third-order valence-corrected chi connectivity index (χ3v) is 4.93. The molecule has 1 aromatic carbocycles. The molecule has 0 aromatic heterocycles. The van der Waals surface area contributed by atoms with Gasteiger partial charge < -0.3 is 15.4 Å². The normalized spacial score (nSPS) is 23.3. The third-order valence-electron chi connectivity index (χ3n) is 4.93. The lowest BCUT2D eigenvalue weighted by molar-refractivity contribution is -0.0176. The molecule has 0 spiro atoms. The van der Waals surface area contributed by atoms with Gasteiger partial charge in [0, 0.05) is 31.2 Å². The summed E-state index contributed by atoms with van der Waals surface area (Å²) in [6.07, 6.45) is 1.86. The summed E-state index contributed by atoms with van der Waals surface area (Å²) in [5.74, 6) is 0. The van der Waals surface area contributed by atoms with Gasteiger partial charge in [0.05, 0.1) is 13.2 Å². The molecule has 1 aliphatic carbocycles. The van der Waals surface area contributed by atoms with E-state index in [2.05, 4.69) is 53.6 Å². The molecule has 1 aromatic rings. The quantitative estimate of drug-likeness (QED) is 0.886. The summed E-state index contributed by atoms with van der Waals surface area (Å²) >= 11 is 0. The van der Waals surface area contributed by atoms with Gasteiger partial charge in [0.1, 0.15) is 0 Å². The van der Waals surface area contributed by atoms with Gasteiger partial charge in [-0.2, -0.15) is 0 Å². The van der Waals surface area contributed by atoms with Crippen LogP contribution in [0, 0.1) is 0 Å². The topological polar surface area (TPSA) is 53.6 Å². The van der Waals surface area contributed by atoms with E-state index in [1.807, 2.05) is 0 Å². The van der Waals surface area contributed by atoms with Crippen molar-refractivity contribution >= 4 is 6.03 Å². The first-order valence-electron chi connectivity index (χ1n) is 8.58. The Morgan fingerprint density at radius 2 is 2.04 bits per heavy atom. The largest absolute Gasteiger partial charge is 0.379 e. The van der Waals surface area contributed by atoms with E-state index in [0.717, 1.165) is 32.6 Å².